The van der Waals surface area contributed by atoms with E-state index in [1.807, 2.05) is 25.1 Å². The predicted molar refractivity (Wildman–Crippen MR) is 84.2 cm³/mol. The van der Waals surface area contributed by atoms with Crippen molar-refractivity contribution in [1.29, 1.82) is 0 Å². The first-order chi connectivity index (χ1) is 10.7. The lowest BCUT2D eigenvalue weighted by atomic mass is 10.00. The largest absolute Gasteiger partial charge is 0.478 e. The molecule has 0 amide bonds. The van der Waals surface area contributed by atoms with E-state index < -0.39 is 5.97 Å². The van der Waals surface area contributed by atoms with Gasteiger partial charge in [-0.25, -0.2) is 9.78 Å². The molecule has 2 aromatic rings. The predicted octanol–water partition coefficient (Wildman–Crippen LogP) is 1.56. The van der Waals surface area contributed by atoms with E-state index in [-0.39, 0.29) is 5.56 Å². The molecule has 1 fully saturated rings. The van der Waals surface area contributed by atoms with E-state index in [0.717, 1.165) is 43.3 Å². The van der Waals surface area contributed by atoms with Crippen molar-refractivity contribution in [2.75, 3.05) is 31.1 Å². The molecule has 0 aromatic carbocycles. The Bertz CT molecular complexity index is 696. The van der Waals surface area contributed by atoms with Crippen molar-refractivity contribution in [2.45, 2.75) is 6.92 Å². The Morgan fingerprint density at radius 3 is 2.73 bits per heavy atom. The van der Waals surface area contributed by atoms with Gasteiger partial charge in [0.2, 0.25) is 0 Å². The Hall–Kier alpha value is -2.47. The average molecular weight is 298 g/mol. The fourth-order valence-corrected chi connectivity index (χ4v) is 2.67. The molecule has 6 heteroatoms. The molecule has 0 unspecified atom stereocenters. The van der Waals surface area contributed by atoms with Gasteiger partial charge in [-0.1, -0.05) is 6.07 Å². The summed E-state index contributed by atoms with van der Waals surface area (Å²) in [6, 6.07) is 5.57. The van der Waals surface area contributed by atoms with Crippen molar-refractivity contribution in [2.24, 2.45) is 0 Å². The Morgan fingerprint density at radius 1 is 1.27 bits per heavy atom. The number of aromatic carboxylic acids is 1. The van der Waals surface area contributed by atoms with Crippen molar-refractivity contribution in [3.8, 4) is 11.1 Å². The number of hydrogen-bond donors (Lipinski definition) is 2. The van der Waals surface area contributed by atoms with Crippen molar-refractivity contribution in [3.05, 3.63) is 41.9 Å². The van der Waals surface area contributed by atoms with Crippen molar-refractivity contribution in [1.82, 2.24) is 15.3 Å². The average Bonchev–Trinajstić information content (AvgIpc) is 2.55. The van der Waals surface area contributed by atoms with Crippen LogP contribution in [-0.4, -0.2) is 47.2 Å². The van der Waals surface area contributed by atoms with E-state index in [1.165, 1.54) is 6.20 Å². The summed E-state index contributed by atoms with van der Waals surface area (Å²) in [6.45, 7) is 5.43. The molecule has 3 rings (SSSR count). The molecule has 0 atom stereocenters. The van der Waals surface area contributed by atoms with Crippen LogP contribution in [-0.2, 0) is 0 Å². The number of aryl methyl sites for hydroxylation is 1. The van der Waals surface area contributed by atoms with Crippen LogP contribution < -0.4 is 10.2 Å². The zero-order valence-corrected chi connectivity index (χ0v) is 12.4. The summed E-state index contributed by atoms with van der Waals surface area (Å²) in [4.78, 5) is 22.3. The molecular weight excluding hydrogens is 280 g/mol. The second-order valence-corrected chi connectivity index (χ2v) is 5.27. The van der Waals surface area contributed by atoms with Crippen molar-refractivity contribution < 1.29 is 9.90 Å². The summed E-state index contributed by atoms with van der Waals surface area (Å²) in [5.74, 6) is -0.164. The van der Waals surface area contributed by atoms with Crippen LogP contribution in [0.4, 0.5) is 5.82 Å². The summed E-state index contributed by atoms with van der Waals surface area (Å²) in [6.07, 6.45) is 3.15. The number of carboxylic acid groups (broad SMARTS) is 1. The number of rotatable bonds is 3. The highest BCUT2D eigenvalue weighted by atomic mass is 16.4. The molecule has 1 saturated heterocycles. The highest BCUT2D eigenvalue weighted by molar-refractivity contribution is 5.96. The zero-order valence-electron chi connectivity index (χ0n) is 12.4. The third-order valence-corrected chi connectivity index (χ3v) is 3.86. The van der Waals surface area contributed by atoms with Crippen LogP contribution in [0.3, 0.4) is 0 Å². The third-order valence-electron chi connectivity index (χ3n) is 3.86. The molecule has 0 bridgehead atoms. The molecule has 0 aliphatic carbocycles. The SMILES string of the molecule is Cc1ncccc1-c1cc(N2CCNCC2)ncc1C(=O)O. The highest BCUT2D eigenvalue weighted by Gasteiger charge is 2.18. The zero-order chi connectivity index (χ0) is 15.5. The Balaban J connectivity index is 2.09. The summed E-state index contributed by atoms with van der Waals surface area (Å²) < 4.78 is 0. The second kappa shape index (κ2) is 6.11. The van der Waals surface area contributed by atoms with Gasteiger partial charge in [-0.2, -0.15) is 0 Å². The van der Waals surface area contributed by atoms with Gasteiger partial charge in [0.1, 0.15) is 5.82 Å². The number of pyridine rings is 2. The second-order valence-electron chi connectivity index (χ2n) is 5.27. The summed E-state index contributed by atoms with van der Waals surface area (Å²) >= 11 is 0. The summed E-state index contributed by atoms with van der Waals surface area (Å²) in [5, 5.41) is 12.7. The molecule has 114 valence electrons. The molecule has 2 aromatic heterocycles. The first kappa shape index (κ1) is 14.5. The number of aromatic nitrogens is 2. The molecule has 1 aliphatic heterocycles. The molecular formula is C16H18N4O2. The van der Waals surface area contributed by atoms with Crippen LogP contribution in [0.2, 0.25) is 0 Å². The van der Waals surface area contributed by atoms with E-state index in [9.17, 15) is 9.90 Å². The standard InChI is InChI=1S/C16H18N4O2/c1-11-12(3-2-4-18-11)13-9-15(19-10-14(13)16(21)22)20-7-5-17-6-8-20/h2-4,9-10,17H,5-8H2,1H3,(H,21,22). The van der Waals surface area contributed by atoms with E-state index >= 15 is 0 Å². The number of carboxylic acids is 1. The van der Waals surface area contributed by atoms with Gasteiger partial charge < -0.3 is 15.3 Å². The number of anilines is 1. The van der Waals surface area contributed by atoms with Gasteiger partial charge in [-0.3, -0.25) is 4.98 Å². The van der Waals surface area contributed by atoms with Gasteiger partial charge in [-0.05, 0) is 19.1 Å². The minimum absolute atomic E-state index is 0.204. The molecule has 6 nitrogen and oxygen atoms in total. The lowest BCUT2D eigenvalue weighted by Crippen LogP contribution is -2.43. The van der Waals surface area contributed by atoms with Crippen LogP contribution >= 0.6 is 0 Å². The van der Waals surface area contributed by atoms with Gasteiger partial charge in [-0.15, -0.1) is 0 Å². The molecule has 0 spiro atoms. The smallest absolute Gasteiger partial charge is 0.337 e. The molecule has 0 radical (unpaired) electrons. The van der Waals surface area contributed by atoms with Gasteiger partial charge >= 0.3 is 5.97 Å². The fraction of sp³-hybridized carbons (Fsp3) is 0.312. The van der Waals surface area contributed by atoms with Gasteiger partial charge in [0.25, 0.3) is 0 Å². The van der Waals surface area contributed by atoms with E-state index in [2.05, 4.69) is 20.2 Å². The Labute approximate surface area is 128 Å². The fourth-order valence-electron chi connectivity index (χ4n) is 2.67. The van der Waals surface area contributed by atoms with E-state index in [1.54, 1.807) is 6.20 Å². The minimum Gasteiger partial charge on any atom is -0.478 e. The van der Waals surface area contributed by atoms with E-state index in [4.69, 9.17) is 0 Å². The normalized spacial score (nSPS) is 14.9. The summed E-state index contributed by atoms with van der Waals surface area (Å²) in [5.41, 5.74) is 2.51. The van der Waals surface area contributed by atoms with Crippen LogP contribution in [0.25, 0.3) is 11.1 Å². The number of carbonyl (C=O) groups is 1. The monoisotopic (exact) mass is 298 g/mol. The van der Waals surface area contributed by atoms with Gasteiger partial charge in [0.05, 0.1) is 5.56 Å². The maximum atomic E-state index is 11.5. The topological polar surface area (TPSA) is 78.4 Å². The third kappa shape index (κ3) is 2.78. The Kier molecular flexibility index (Phi) is 4.02. The van der Waals surface area contributed by atoms with E-state index in [0.29, 0.717) is 5.56 Å². The van der Waals surface area contributed by atoms with Crippen LogP contribution in [0, 0.1) is 6.92 Å². The van der Waals surface area contributed by atoms with Gasteiger partial charge in [0.15, 0.2) is 0 Å². The molecule has 2 N–H and O–H groups in total. The Morgan fingerprint density at radius 2 is 2.05 bits per heavy atom. The number of nitrogens with zero attached hydrogens (tertiary/aromatic N) is 3. The van der Waals surface area contributed by atoms with Crippen molar-refractivity contribution in [3.63, 3.8) is 0 Å². The van der Waals surface area contributed by atoms with Crippen molar-refractivity contribution >= 4 is 11.8 Å². The lowest BCUT2D eigenvalue weighted by molar-refractivity contribution is 0.0697. The van der Waals surface area contributed by atoms with Crippen LogP contribution in [0.1, 0.15) is 16.1 Å². The maximum absolute atomic E-state index is 11.5. The summed E-state index contributed by atoms with van der Waals surface area (Å²) in [7, 11) is 0. The highest BCUT2D eigenvalue weighted by Crippen LogP contribution is 2.28. The van der Waals surface area contributed by atoms with Gasteiger partial charge in [0, 0.05) is 55.4 Å². The quantitative estimate of drug-likeness (QED) is 0.895. The molecule has 0 saturated carbocycles. The number of nitrogens with one attached hydrogen (secondary N) is 1. The van der Waals surface area contributed by atoms with Crippen LogP contribution in [0.15, 0.2) is 30.6 Å². The number of piperazine rings is 1. The number of hydrogen-bond acceptors (Lipinski definition) is 5. The molecule has 3 heterocycles. The first-order valence-corrected chi connectivity index (χ1v) is 7.28. The molecule has 1 aliphatic rings. The maximum Gasteiger partial charge on any atom is 0.337 e. The minimum atomic E-state index is -0.974. The lowest BCUT2D eigenvalue weighted by Gasteiger charge is -2.29. The first-order valence-electron chi connectivity index (χ1n) is 7.28. The van der Waals surface area contributed by atoms with Crippen LogP contribution in [0.5, 0.6) is 0 Å². The molecule has 22 heavy (non-hydrogen) atoms.